The summed E-state index contributed by atoms with van der Waals surface area (Å²) in [5.74, 6) is 0.154. The van der Waals surface area contributed by atoms with Gasteiger partial charge in [-0.1, -0.05) is 6.92 Å². The summed E-state index contributed by atoms with van der Waals surface area (Å²) in [7, 11) is 0. The third-order valence-electron chi connectivity index (χ3n) is 2.77. The van der Waals surface area contributed by atoms with E-state index in [9.17, 15) is 14.9 Å². The molecule has 0 radical (unpaired) electrons. The highest BCUT2D eigenvalue weighted by atomic mass is 16.6. The number of carbonyl (C=O) groups is 1. The van der Waals surface area contributed by atoms with Crippen molar-refractivity contribution in [3.8, 4) is 0 Å². The molecular weight excluding hydrogens is 170 g/mol. The summed E-state index contributed by atoms with van der Waals surface area (Å²) in [6.07, 6.45) is 3.29. The second kappa shape index (κ2) is 4.35. The Morgan fingerprint density at radius 2 is 2.23 bits per heavy atom. The summed E-state index contributed by atoms with van der Waals surface area (Å²) >= 11 is 0. The second-order valence-electron chi connectivity index (χ2n) is 3.64. The third kappa shape index (κ3) is 2.50. The predicted molar refractivity (Wildman–Crippen MR) is 48.0 cm³/mol. The van der Waals surface area contributed by atoms with Crippen molar-refractivity contribution in [2.45, 2.75) is 45.1 Å². The Labute approximate surface area is 77.5 Å². The van der Waals surface area contributed by atoms with E-state index in [0.717, 1.165) is 12.8 Å². The van der Waals surface area contributed by atoms with Gasteiger partial charge in [0, 0.05) is 30.1 Å². The Morgan fingerprint density at radius 3 is 2.77 bits per heavy atom. The van der Waals surface area contributed by atoms with Crippen molar-refractivity contribution >= 4 is 5.78 Å². The van der Waals surface area contributed by atoms with E-state index in [1.54, 1.807) is 6.92 Å². The van der Waals surface area contributed by atoms with Crippen LogP contribution in [0.1, 0.15) is 39.0 Å². The largest absolute Gasteiger partial charge is 0.300 e. The minimum absolute atomic E-state index is 0.00227. The minimum atomic E-state index is -0.463. The SMILES string of the molecule is CCC(=O)C[C@@H]1CCC[C@@H]1[N+](=O)[O-]. The van der Waals surface area contributed by atoms with Gasteiger partial charge in [-0.05, 0) is 12.8 Å². The number of hydrogen-bond donors (Lipinski definition) is 0. The Morgan fingerprint density at radius 1 is 1.54 bits per heavy atom. The van der Waals surface area contributed by atoms with Gasteiger partial charge >= 0.3 is 0 Å². The standard InChI is InChI=1S/C9H15NO3/c1-2-8(11)6-7-4-3-5-9(7)10(12)13/h7,9H,2-6H2,1H3/t7-,9-/m0/s1. The first-order valence-corrected chi connectivity index (χ1v) is 4.80. The van der Waals surface area contributed by atoms with Gasteiger partial charge in [0.1, 0.15) is 5.78 Å². The zero-order valence-corrected chi connectivity index (χ0v) is 7.86. The van der Waals surface area contributed by atoms with Crippen LogP contribution in [0.15, 0.2) is 0 Å². The molecule has 1 aliphatic carbocycles. The first kappa shape index (κ1) is 10.2. The molecule has 0 amide bonds. The van der Waals surface area contributed by atoms with E-state index >= 15 is 0 Å². The molecule has 0 saturated heterocycles. The topological polar surface area (TPSA) is 60.2 Å². The average molecular weight is 185 g/mol. The lowest BCUT2D eigenvalue weighted by atomic mass is 9.96. The minimum Gasteiger partial charge on any atom is -0.300 e. The van der Waals surface area contributed by atoms with Crippen molar-refractivity contribution < 1.29 is 9.72 Å². The van der Waals surface area contributed by atoms with E-state index in [0.29, 0.717) is 19.3 Å². The van der Waals surface area contributed by atoms with Crippen LogP contribution in [-0.4, -0.2) is 16.7 Å². The van der Waals surface area contributed by atoms with Crippen molar-refractivity contribution in [2.75, 3.05) is 0 Å². The van der Waals surface area contributed by atoms with Crippen LogP contribution >= 0.6 is 0 Å². The number of carbonyl (C=O) groups excluding carboxylic acids is 1. The number of rotatable bonds is 4. The zero-order valence-electron chi connectivity index (χ0n) is 7.86. The van der Waals surface area contributed by atoms with E-state index in [4.69, 9.17) is 0 Å². The highest BCUT2D eigenvalue weighted by molar-refractivity contribution is 5.78. The molecule has 1 saturated carbocycles. The zero-order chi connectivity index (χ0) is 9.84. The molecule has 0 unspecified atom stereocenters. The second-order valence-corrected chi connectivity index (χ2v) is 3.64. The van der Waals surface area contributed by atoms with Crippen molar-refractivity contribution in [3.05, 3.63) is 10.1 Å². The monoisotopic (exact) mass is 185 g/mol. The molecule has 0 aliphatic heterocycles. The van der Waals surface area contributed by atoms with Gasteiger partial charge in [-0.15, -0.1) is 0 Å². The van der Waals surface area contributed by atoms with Gasteiger partial charge in [0.25, 0.3) is 0 Å². The summed E-state index contributed by atoms with van der Waals surface area (Å²) in [6, 6.07) is -0.463. The molecule has 0 aromatic rings. The van der Waals surface area contributed by atoms with Crippen molar-refractivity contribution in [2.24, 2.45) is 5.92 Å². The number of hydrogen-bond acceptors (Lipinski definition) is 3. The summed E-state index contributed by atoms with van der Waals surface area (Å²) in [4.78, 5) is 21.5. The van der Waals surface area contributed by atoms with Gasteiger partial charge < -0.3 is 0 Å². The van der Waals surface area contributed by atoms with Crippen molar-refractivity contribution in [1.82, 2.24) is 0 Å². The fraction of sp³-hybridized carbons (Fsp3) is 0.889. The summed E-state index contributed by atoms with van der Waals surface area (Å²) < 4.78 is 0. The molecule has 4 nitrogen and oxygen atoms in total. The van der Waals surface area contributed by atoms with Gasteiger partial charge in [-0.25, -0.2) is 0 Å². The molecule has 0 heterocycles. The van der Waals surface area contributed by atoms with Gasteiger partial charge in [0.05, 0.1) is 0 Å². The molecule has 0 bridgehead atoms. The average Bonchev–Trinajstić information content (AvgIpc) is 2.52. The molecule has 1 rings (SSSR count). The van der Waals surface area contributed by atoms with Crippen LogP contribution in [0.2, 0.25) is 0 Å². The maximum atomic E-state index is 11.1. The lowest BCUT2D eigenvalue weighted by molar-refractivity contribution is -0.528. The molecule has 1 fully saturated rings. The lowest BCUT2D eigenvalue weighted by Crippen LogP contribution is -2.25. The van der Waals surface area contributed by atoms with E-state index in [-0.39, 0.29) is 16.6 Å². The van der Waals surface area contributed by atoms with Crippen LogP contribution in [0.3, 0.4) is 0 Å². The molecule has 0 spiro atoms. The van der Waals surface area contributed by atoms with Crippen LogP contribution in [0.25, 0.3) is 0 Å². The van der Waals surface area contributed by atoms with Crippen LogP contribution in [-0.2, 0) is 4.79 Å². The Balaban J connectivity index is 2.48. The van der Waals surface area contributed by atoms with E-state index < -0.39 is 6.04 Å². The fourth-order valence-electron chi connectivity index (χ4n) is 1.97. The number of nitro groups is 1. The van der Waals surface area contributed by atoms with Crippen molar-refractivity contribution in [3.63, 3.8) is 0 Å². The lowest BCUT2D eigenvalue weighted by Gasteiger charge is -2.10. The van der Waals surface area contributed by atoms with Gasteiger partial charge in [-0.3, -0.25) is 14.9 Å². The Bertz CT molecular complexity index is 215. The van der Waals surface area contributed by atoms with Crippen molar-refractivity contribution in [1.29, 1.82) is 0 Å². The van der Waals surface area contributed by atoms with Crippen LogP contribution in [0, 0.1) is 16.0 Å². The molecule has 0 aromatic heterocycles. The summed E-state index contributed by atoms with van der Waals surface area (Å²) in [5, 5.41) is 10.6. The fourth-order valence-corrected chi connectivity index (χ4v) is 1.97. The molecule has 0 aromatic carbocycles. The number of nitrogens with zero attached hydrogens (tertiary/aromatic N) is 1. The Kier molecular flexibility index (Phi) is 3.39. The summed E-state index contributed by atoms with van der Waals surface area (Å²) in [6.45, 7) is 1.80. The molecule has 0 N–H and O–H groups in total. The Hall–Kier alpha value is -0.930. The molecule has 4 heteroatoms. The first-order chi connectivity index (χ1) is 6.15. The maximum absolute atomic E-state index is 11.1. The van der Waals surface area contributed by atoms with Gasteiger partial charge in [0.2, 0.25) is 6.04 Å². The smallest absolute Gasteiger partial charge is 0.216 e. The molecular formula is C9H15NO3. The maximum Gasteiger partial charge on any atom is 0.216 e. The first-order valence-electron chi connectivity index (χ1n) is 4.80. The predicted octanol–water partition coefficient (Wildman–Crippen LogP) is 1.80. The van der Waals surface area contributed by atoms with E-state index in [1.165, 1.54) is 0 Å². The molecule has 13 heavy (non-hydrogen) atoms. The normalized spacial score (nSPS) is 27.5. The van der Waals surface area contributed by atoms with Gasteiger partial charge in [0.15, 0.2) is 0 Å². The number of Topliss-reactive ketones (excluding diaryl/α,β-unsaturated/α-hetero) is 1. The number of ketones is 1. The molecule has 1 aliphatic rings. The van der Waals surface area contributed by atoms with E-state index in [2.05, 4.69) is 0 Å². The van der Waals surface area contributed by atoms with Gasteiger partial charge in [-0.2, -0.15) is 0 Å². The van der Waals surface area contributed by atoms with Crippen LogP contribution < -0.4 is 0 Å². The quantitative estimate of drug-likeness (QED) is 0.495. The van der Waals surface area contributed by atoms with Crippen LogP contribution in [0.5, 0.6) is 0 Å². The molecule has 2 atom stereocenters. The highest BCUT2D eigenvalue weighted by Gasteiger charge is 2.36. The van der Waals surface area contributed by atoms with Crippen LogP contribution in [0.4, 0.5) is 0 Å². The highest BCUT2D eigenvalue weighted by Crippen LogP contribution is 2.30. The molecule has 74 valence electrons. The third-order valence-corrected chi connectivity index (χ3v) is 2.77. The van der Waals surface area contributed by atoms with E-state index in [1.807, 2.05) is 0 Å². The summed E-state index contributed by atoms with van der Waals surface area (Å²) in [5.41, 5.74) is 0.